The molecule has 22 heavy (non-hydrogen) atoms. The van der Waals surface area contributed by atoms with Crippen molar-refractivity contribution >= 4 is 29.9 Å². The summed E-state index contributed by atoms with van der Waals surface area (Å²) in [5.74, 6) is 0.429. The molecule has 1 aliphatic rings. The van der Waals surface area contributed by atoms with Gasteiger partial charge in [0.1, 0.15) is 0 Å². The fourth-order valence-corrected chi connectivity index (χ4v) is 2.53. The van der Waals surface area contributed by atoms with Crippen molar-refractivity contribution in [2.24, 2.45) is 5.92 Å². The summed E-state index contributed by atoms with van der Waals surface area (Å²) in [5.41, 5.74) is 1.34. The molecule has 1 saturated heterocycles. The lowest BCUT2D eigenvalue weighted by atomic mass is 9.94. The fraction of sp³-hybridized carbons (Fsp3) is 0.500. The number of carbonyl (C=O) groups excluding carboxylic acids is 2. The third kappa shape index (κ3) is 5.66. The van der Waals surface area contributed by atoms with Crippen molar-refractivity contribution in [2.45, 2.75) is 26.2 Å². The molecule has 5 nitrogen and oxygen atoms in total. The largest absolute Gasteiger partial charge is 0.352 e. The Morgan fingerprint density at radius 1 is 1.18 bits per heavy atom. The predicted octanol–water partition coefficient (Wildman–Crippen LogP) is 2.19. The van der Waals surface area contributed by atoms with Crippen molar-refractivity contribution in [2.75, 3.05) is 25.0 Å². The van der Waals surface area contributed by atoms with Crippen LogP contribution >= 0.6 is 12.4 Å². The Bertz CT molecular complexity index is 485. The van der Waals surface area contributed by atoms with E-state index < -0.39 is 0 Å². The van der Waals surface area contributed by atoms with Crippen LogP contribution in [0.2, 0.25) is 0 Å². The average molecular weight is 326 g/mol. The van der Waals surface area contributed by atoms with Crippen molar-refractivity contribution < 1.29 is 9.59 Å². The lowest BCUT2D eigenvalue weighted by molar-refractivity contribution is -0.117. The van der Waals surface area contributed by atoms with E-state index in [1.165, 1.54) is 0 Å². The second-order valence-electron chi connectivity index (χ2n) is 5.38. The summed E-state index contributed by atoms with van der Waals surface area (Å²) in [7, 11) is 0. The molecule has 6 heteroatoms. The smallest absolute Gasteiger partial charge is 0.251 e. The first-order valence-electron chi connectivity index (χ1n) is 7.58. The number of halogens is 1. The maximum absolute atomic E-state index is 12.0. The van der Waals surface area contributed by atoms with Crippen LogP contribution in [0.3, 0.4) is 0 Å². The fourth-order valence-electron chi connectivity index (χ4n) is 2.53. The van der Waals surface area contributed by atoms with Gasteiger partial charge < -0.3 is 16.0 Å². The molecule has 2 rings (SSSR count). The van der Waals surface area contributed by atoms with Gasteiger partial charge in [-0.15, -0.1) is 12.4 Å². The SMILES string of the molecule is CCNC(=O)c1ccc(NC(=O)CC2CCNCC2)cc1.Cl. The van der Waals surface area contributed by atoms with Crippen LogP contribution in [0.5, 0.6) is 0 Å². The first-order valence-corrected chi connectivity index (χ1v) is 7.58. The van der Waals surface area contributed by atoms with Crippen molar-refractivity contribution in [3.05, 3.63) is 29.8 Å². The number of carbonyl (C=O) groups is 2. The Balaban J connectivity index is 0.00000242. The Labute approximate surface area is 137 Å². The second-order valence-corrected chi connectivity index (χ2v) is 5.38. The van der Waals surface area contributed by atoms with E-state index in [1.54, 1.807) is 24.3 Å². The van der Waals surface area contributed by atoms with Crippen LogP contribution in [-0.2, 0) is 4.79 Å². The van der Waals surface area contributed by atoms with Crippen molar-refractivity contribution in [1.29, 1.82) is 0 Å². The maximum Gasteiger partial charge on any atom is 0.251 e. The summed E-state index contributed by atoms with van der Waals surface area (Å²) in [5, 5.41) is 8.94. The highest BCUT2D eigenvalue weighted by Gasteiger charge is 2.16. The first kappa shape index (κ1) is 18.5. The van der Waals surface area contributed by atoms with Crippen LogP contribution in [0.1, 0.15) is 36.5 Å². The molecule has 1 aromatic carbocycles. The van der Waals surface area contributed by atoms with E-state index >= 15 is 0 Å². The third-order valence-corrected chi connectivity index (χ3v) is 3.70. The third-order valence-electron chi connectivity index (χ3n) is 3.70. The molecular weight excluding hydrogens is 302 g/mol. The summed E-state index contributed by atoms with van der Waals surface area (Å²) in [6.07, 6.45) is 2.69. The number of nitrogens with one attached hydrogen (secondary N) is 3. The van der Waals surface area contributed by atoms with Gasteiger partial charge in [0, 0.05) is 24.2 Å². The number of piperidine rings is 1. The van der Waals surface area contributed by atoms with Gasteiger partial charge >= 0.3 is 0 Å². The molecule has 0 aliphatic carbocycles. The zero-order valence-corrected chi connectivity index (χ0v) is 13.7. The molecule has 1 fully saturated rings. The standard InChI is InChI=1S/C16H23N3O2.ClH/c1-2-18-16(21)13-3-5-14(6-4-13)19-15(20)11-12-7-9-17-10-8-12;/h3-6,12,17H,2,7-11H2,1H3,(H,18,21)(H,19,20);1H. The average Bonchev–Trinajstić information content (AvgIpc) is 2.49. The molecule has 0 aromatic heterocycles. The highest BCUT2D eigenvalue weighted by molar-refractivity contribution is 5.95. The highest BCUT2D eigenvalue weighted by atomic mass is 35.5. The summed E-state index contributed by atoms with van der Waals surface area (Å²) < 4.78 is 0. The van der Waals surface area contributed by atoms with Gasteiger partial charge in [0.25, 0.3) is 5.91 Å². The molecule has 3 N–H and O–H groups in total. The molecule has 0 bridgehead atoms. The van der Waals surface area contributed by atoms with Gasteiger partial charge in [0.2, 0.25) is 5.91 Å². The molecule has 122 valence electrons. The predicted molar refractivity (Wildman–Crippen MR) is 90.5 cm³/mol. The molecule has 0 radical (unpaired) electrons. The maximum atomic E-state index is 12.0. The van der Waals surface area contributed by atoms with Gasteiger partial charge in [-0.1, -0.05) is 0 Å². The molecule has 1 heterocycles. The number of amides is 2. The molecular formula is C16H24ClN3O2. The van der Waals surface area contributed by atoms with Crippen LogP contribution in [0.4, 0.5) is 5.69 Å². The van der Waals surface area contributed by atoms with Gasteiger partial charge in [-0.05, 0) is 63.0 Å². The van der Waals surface area contributed by atoms with Crippen LogP contribution in [0.15, 0.2) is 24.3 Å². The Hall–Kier alpha value is -1.59. The zero-order valence-electron chi connectivity index (χ0n) is 12.9. The lowest BCUT2D eigenvalue weighted by Crippen LogP contribution is -2.30. The van der Waals surface area contributed by atoms with Gasteiger partial charge in [-0.3, -0.25) is 9.59 Å². The molecule has 2 amide bonds. The van der Waals surface area contributed by atoms with Crippen molar-refractivity contribution in [3.63, 3.8) is 0 Å². The lowest BCUT2D eigenvalue weighted by Gasteiger charge is -2.21. The highest BCUT2D eigenvalue weighted by Crippen LogP contribution is 2.17. The van der Waals surface area contributed by atoms with E-state index in [9.17, 15) is 9.59 Å². The molecule has 0 spiro atoms. The van der Waals surface area contributed by atoms with Crippen LogP contribution in [0.25, 0.3) is 0 Å². The van der Waals surface area contributed by atoms with Gasteiger partial charge in [-0.2, -0.15) is 0 Å². The summed E-state index contributed by atoms with van der Waals surface area (Å²) in [6.45, 7) is 4.49. The van der Waals surface area contributed by atoms with Gasteiger partial charge in [0.05, 0.1) is 0 Å². The Morgan fingerprint density at radius 2 is 1.82 bits per heavy atom. The molecule has 1 aromatic rings. The Morgan fingerprint density at radius 3 is 2.41 bits per heavy atom. The minimum Gasteiger partial charge on any atom is -0.352 e. The molecule has 1 aliphatic heterocycles. The van der Waals surface area contributed by atoms with Gasteiger partial charge in [0.15, 0.2) is 0 Å². The van der Waals surface area contributed by atoms with E-state index in [0.29, 0.717) is 24.4 Å². The number of benzene rings is 1. The van der Waals surface area contributed by atoms with E-state index in [1.807, 2.05) is 6.92 Å². The van der Waals surface area contributed by atoms with Gasteiger partial charge in [-0.25, -0.2) is 0 Å². The minimum atomic E-state index is -0.0925. The second kappa shape index (κ2) is 9.43. The summed E-state index contributed by atoms with van der Waals surface area (Å²) in [6, 6.07) is 6.99. The van der Waals surface area contributed by atoms with E-state index in [-0.39, 0.29) is 24.2 Å². The molecule has 0 saturated carbocycles. The van der Waals surface area contributed by atoms with Crippen molar-refractivity contribution in [1.82, 2.24) is 10.6 Å². The van der Waals surface area contributed by atoms with E-state index in [4.69, 9.17) is 0 Å². The van der Waals surface area contributed by atoms with Crippen LogP contribution in [-0.4, -0.2) is 31.4 Å². The summed E-state index contributed by atoms with van der Waals surface area (Å²) in [4.78, 5) is 23.6. The van der Waals surface area contributed by atoms with Crippen molar-refractivity contribution in [3.8, 4) is 0 Å². The Kier molecular flexibility index (Phi) is 7.91. The number of anilines is 1. The molecule has 0 atom stereocenters. The minimum absolute atomic E-state index is 0. The number of rotatable bonds is 5. The van der Waals surface area contributed by atoms with Crippen LogP contribution < -0.4 is 16.0 Å². The topological polar surface area (TPSA) is 70.2 Å². The quantitative estimate of drug-likeness (QED) is 0.777. The summed E-state index contributed by atoms with van der Waals surface area (Å²) >= 11 is 0. The monoisotopic (exact) mass is 325 g/mol. The zero-order chi connectivity index (χ0) is 15.1. The van der Waals surface area contributed by atoms with Crippen LogP contribution in [0, 0.1) is 5.92 Å². The first-order chi connectivity index (χ1) is 10.2. The number of hydrogen-bond acceptors (Lipinski definition) is 3. The van der Waals surface area contributed by atoms with E-state index in [2.05, 4.69) is 16.0 Å². The normalized spacial score (nSPS) is 14.8. The van der Waals surface area contributed by atoms with E-state index in [0.717, 1.165) is 31.6 Å². The molecule has 0 unspecified atom stereocenters. The number of hydrogen-bond donors (Lipinski definition) is 3.